The van der Waals surface area contributed by atoms with E-state index < -0.39 is 0 Å². The summed E-state index contributed by atoms with van der Waals surface area (Å²) < 4.78 is 5.54. The average Bonchev–Trinajstić information content (AvgIpc) is 1.90. The molecule has 1 unspecified atom stereocenters. The van der Waals surface area contributed by atoms with Crippen molar-refractivity contribution in [3.63, 3.8) is 0 Å². The largest absolute Gasteiger partial charge is 0.378 e. The highest BCUT2D eigenvalue weighted by Crippen LogP contribution is 2.18. The van der Waals surface area contributed by atoms with E-state index >= 15 is 0 Å². The third-order valence-electron chi connectivity index (χ3n) is 1.96. The van der Waals surface area contributed by atoms with Crippen molar-refractivity contribution < 1.29 is 4.74 Å². The van der Waals surface area contributed by atoms with Gasteiger partial charge in [-0.25, -0.2) is 0 Å². The van der Waals surface area contributed by atoms with Crippen LogP contribution >= 0.6 is 0 Å². The van der Waals surface area contributed by atoms with Gasteiger partial charge in [0.2, 0.25) is 0 Å². The van der Waals surface area contributed by atoms with Crippen LogP contribution in [-0.2, 0) is 4.74 Å². The molecule has 0 aliphatic carbocycles. The molecule has 1 saturated heterocycles. The van der Waals surface area contributed by atoms with E-state index in [9.17, 15) is 0 Å². The van der Waals surface area contributed by atoms with Gasteiger partial charge in [0.15, 0.2) is 0 Å². The van der Waals surface area contributed by atoms with Gasteiger partial charge < -0.3 is 4.74 Å². The van der Waals surface area contributed by atoms with E-state index in [4.69, 9.17) is 4.74 Å². The van der Waals surface area contributed by atoms with Crippen LogP contribution < -0.4 is 0 Å². The van der Waals surface area contributed by atoms with E-state index in [1.165, 1.54) is 19.3 Å². The second-order valence-electron chi connectivity index (χ2n) is 3.15. The van der Waals surface area contributed by atoms with Crippen molar-refractivity contribution >= 4 is 0 Å². The van der Waals surface area contributed by atoms with Crippen molar-refractivity contribution in [2.45, 2.75) is 46.6 Å². The molecule has 10 heavy (non-hydrogen) atoms. The number of ether oxygens (including phenoxy) is 1. The van der Waals surface area contributed by atoms with E-state index in [0.717, 1.165) is 6.61 Å². The van der Waals surface area contributed by atoms with Gasteiger partial charge in [-0.2, -0.15) is 0 Å². The Morgan fingerprint density at radius 1 is 1.30 bits per heavy atom. The minimum absolute atomic E-state index is 0. The zero-order chi connectivity index (χ0) is 6.69. The maximum Gasteiger partial charge on any atom is 0.0598 e. The predicted molar refractivity (Wildman–Crippen MR) is 45.2 cm³/mol. The lowest BCUT2D eigenvalue weighted by atomic mass is 9.99. The molecule has 0 aromatic heterocycles. The fraction of sp³-hybridized carbons (Fsp3) is 1.00. The zero-order valence-corrected chi connectivity index (χ0v) is 6.39. The summed E-state index contributed by atoms with van der Waals surface area (Å²) in [6, 6.07) is 0. The average molecular weight is 144 g/mol. The lowest BCUT2D eigenvalue weighted by Gasteiger charge is -2.25. The van der Waals surface area contributed by atoms with Crippen molar-refractivity contribution in [2.75, 3.05) is 6.61 Å². The smallest absolute Gasteiger partial charge is 0.0598 e. The van der Waals surface area contributed by atoms with Gasteiger partial charge in [-0.3, -0.25) is 0 Å². The fourth-order valence-electron chi connectivity index (χ4n) is 1.29. The molecule has 1 fully saturated rings. The molecule has 1 rings (SSSR count). The summed E-state index contributed by atoms with van der Waals surface area (Å²) >= 11 is 0. The summed E-state index contributed by atoms with van der Waals surface area (Å²) in [6.45, 7) is 5.45. The molecule has 62 valence electrons. The van der Waals surface area contributed by atoms with Crippen LogP contribution in [0, 0.1) is 5.92 Å². The second kappa shape index (κ2) is 4.73. The molecule has 0 radical (unpaired) electrons. The van der Waals surface area contributed by atoms with Gasteiger partial charge in [-0.05, 0) is 25.2 Å². The predicted octanol–water partition coefficient (Wildman–Crippen LogP) is 2.85. The van der Waals surface area contributed by atoms with Gasteiger partial charge in [0.25, 0.3) is 0 Å². The molecule has 0 bridgehead atoms. The Morgan fingerprint density at radius 3 is 2.30 bits per heavy atom. The maximum atomic E-state index is 5.54. The molecular formula is C9H20O. The van der Waals surface area contributed by atoms with Crippen LogP contribution in [0.4, 0.5) is 0 Å². The summed E-state index contributed by atoms with van der Waals surface area (Å²) in [5, 5.41) is 0. The van der Waals surface area contributed by atoms with Crippen molar-refractivity contribution in [1.82, 2.24) is 0 Å². The Hall–Kier alpha value is -0.0400. The Balaban J connectivity index is 0.000000810. The zero-order valence-electron chi connectivity index (χ0n) is 6.39. The fourth-order valence-corrected chi connectivity index (χ4v) is 1.29. The van der Waals surface area contributed by atoms with Gasteiger partial charge in [0.1, 0.15) is 0 Å². The van der Waals surface area contributed by atoms with Crippen LogP contribution in [0.5, 0.6) is 0 Å². The van der Waals surface area contributed by atoms with E-state index in [1.807, 2.05) is 0 Å². The summed E-state index contributed by atoms with van der Waals surface area (Å²) in [5.41, 5.74) is 0. The van der Waals surface area contributed by atoms with Gasteiger partial charge in [-0.1, -0.05) is 21.3 Å². The first-order valence-corrected chi connectivity index (χ1v) is 3.92. The molecule has 1 heteroatoms. The number of rotatable bonds is 1. The third kappa shape index (κ3) is 2.70. The highest BCUT2D eigenvalue weighted by molar-refractivity contribution is 4.65. The molecular weight excluding hydrogens is 124 g/mol. The third-order valence-corrected chi connectivity index (χ3v) is 1.96. The highest BCUT2D eigenvalue weighted by atomic mass is 16.5. The topological polar surface area (TPSA) is 9.23 Å². The van der Waals surface area contributed by atoms with Crippen molar-refractivity contribution in [1.29, 1.82) is 0 Å². The second-order valence-corrected chi connectivity index (χ2v) is 3.15. The first-order chi connectivity index (χ1) is 4.30. The molecule has 1 atom stereocenters. The van der Waals surface area contributed by atoms with Crippen LogP contribution in [0.15, 0.2) is 0 Å². The van der Waals surface area contributed by atoms with Gasteiger partial charge >= 0.3 is 0 Å². The summed E-state index contributed by atoms with van der Waals surface area (Å²) in [5.74, 6) is 0.713. The maximum absolute atomic E-state index is 5.54. The lowest BCUT2D eigenvalue weighted by Crippen LogP contribution is -2.24. The van der Waals surface area contributed by atoms with Crippen molar-refractivity contribution in [3.05, 3.63) is 0 Å². The monoisotopic (exact) mass is 144 g/mol. The lowest BCUT2D eigenvalue weighted by molar-refractivity contribution is -0.0115. The van der Waals surface area contributed by atoms with Crippen LogP contribution in [0.3, 0.4) is 0 Å². The van der Waals surface area contributed by atoms with Crippen LogP contribution in [0.1, 0.15) is 40.5 Å². The number of hydrogen-bond acceptors (Lipinski definition) is 1. The molecule has 1 heterocycles. The van der Waals surface area contributed by atoms with Gasteiger partial charge in [-0.15, -0.1) is 0 Å². The van der Waals surface area contributed by atoms with E-state index in [1.54, 1.807) is 0 Å². The normalized spacial score (nSPS) is 26.1. The summed E-state index contributed by atoms with van der Waals surface area (Å²) in [6.07, 6.45) is 4.46. The Morgan fingerprint density at radius 2 is 2.00 bits per heavy atom. The first-order valence-electron chi connectivity index (χ1n) is 3.92. The van der Waals surface area contributed by atoms with Crippen molar-refractivity contribution in [3.8, 4) is 0 Å². The van der Waals surface area contributed by atoms with Gasteiger partial charge in [0, 0.05) is 6.61 Å². The summed E-state index contributed by atoms with van der Waals surface area (Å²) in [7, 11) is 0. The molecule has 0 aromatic rings. The Bertz CT molecular complexity index is 72.8. The molecule has 0 aromatic carbocycles. The molecule has 0 N–H and O–H groups in total. The quantitative estimate of drug-likeness (QED) is 0.550. The molecule has 0 amide bonds. The highest BCUT2D eigenvalue weighted by Gasteiger charge is 2.16. The molecule has 0 spiro atoms. The standard InChI is InChI=1S/C8H16O.CH4/c1-7(2)8-5-3-4-6-9-8;/h7-8H,3-6H2,1-2H3;1H4. The molecule has 1 aliphatic heterocycles. The van der Waals surface area contributed by atoms with Gasteiger partial charge in [0.05, 0.1) is 6.10 Å². The first kappa shape index (κ1) is 9.96. The molecule has 1 aliphatic rings. The Kier molecular flexibility index (Phi) is 4.71. The summed E-state index contributed by atoms with van der Waals surface area (Å²) in [4.78, 5) is 0. The van der Waals surface area contributed by atoms with Crippen LogP contribution in [0.25, 0.3) is 0 Å². The molecule has 0 saturated carbocycles. The number of hydrogen-bond donors (Lipinski definition) is 0. The minimum atomic E-state index is 0. The van der Waals surface area contributed by atoms with E-state index in [-0.39, 0.29) is 7.43 Å². The van der Waals surface area contributed by atoms with E-state index in [0.29, 0.717) is 12.0 Å². The Labute approximate surface area is 64.8 Å². The van der Waals surface area contributed by atoms with Crippen LogP contribution in [0.2, 0.25) is 0 Å². The SMILES string of the molecule is C.CC(C)C1CCCCO1. The minimum Gasteiger partial charge on any atom is -0.378 e. The van der Waals surface area contributed by atoms with Crippen LogP contribution in [-0.4, -0.2) is 12.7 Å². The van der Waals surface area contributed by atoms with E-state index in [2.05, 4.69) is 13.8 Å². The molecule has 1 nitrogen and oxygen atoms in total. The van der Waals surface area contributed by atoms with Crippen molar-refractivity contribution in [2.24, 2.45) is 5.92 Å².